The number of aromatic nitrogens is 1. The standard InChI is InChI=1S/C24H20N2O3/c27-23(14-15-24(28)26-17-16-18-6-4-5-9-22(18)26)25-19-10-12-21(13-11-19)29-20-7-2-1-3-8-20/h1-13,16-17H,14-15H2,(H,25,27). The SMILES string of the molecule is O=C(CCC(=O)n1ccc2ccccc21)Nc1ccc(Oc2ccccc2)cc1. The van der Waals surface area contributed by atoms with Crippen LogP contribution in [0.4, 0.5) is 5.69 Å². The van der Waals surface area contributed by atoms with Crippen LogP contribution in [-0.4, -0.2) is 16.4 Å². The molecule has 3 aromatic carbocycles. The molecular weight excluding hydrogens is 364 g/mol. The third kappa shape index (κ3) is 4.52. The van der Waals surface area contributed by atoms with Crippen molar-refractivity contribution in [2.75, 3.05) is 5.32 Å². The molecule has 0 bridgehead atoms. The van der Waals surface area contributed by atoms with Crippen LogP contribution in [0.1, 0.15) is 17.6 Å². The Bertz CT molecular complexity index is 1130. The Morgan fingerprint density at radius 1 is 0.759 bits per heavy atom. The fourth-order valence-corrected chi connectivity index (χ4v) is 3.10. The molecule has 0 fully saturated rings. The van der Waals surface area contributed by atoms with Gasteiger partial charge < -0.3 is 10.1 Å². The van der Waals surface area contributed by atoms with E-state index in [-0.39, 0.29) is 24.7 Å². The molecule has 0 atom stereocenters. The van der Waals surface area contributed by atoms with Crippen molar-refractivity contribution in [3.05, 3.63) is 91.1 Å². The van der Waals surface area contributed by atoms with Crippen molar-refractivity contribution in [2.45, 2.75) is 12.8 Å². The summed E-state index contributed by atoms with van der Waals surface area (Å²) in [7, 11) is 0. The number of nitrogens with zero attached hydrogens (tertiary/aromatic N) is 1. The summed E-state index contributed by atoms with van der Waals surface area (Å²) in [5.74, 6) is 1.13. The molecule has 0 radical (unpaired) electrons. The average Bonchev–Trinajstić information content (AvgIpc) is 3.18. The number of nitrogens with one attached hydrogen (secondary N) is 1. The third-order valence-corrected chi connectivity index (χ3v) is 4.55. The molecule has 0 saturated carbocycles. The minimum Gasteiger partial charge on any atom is -0.457 e. The second-order valence-corrected chi connectivity index (χ2v) is 6.63. The summed E-state index contributed by atoms with van der Waals surface area (Å²) in [6.07, 6.45) is 2.00. The maximum Gasteiger partial charge on any atom is 0.231 e. The topological polar surface area (TPSA) is 60.3 Å². The highest BCUT2D eigenvalue weighted by Gasteiger charge is 2.11. The number of amides is 1. The van der Waals surface area contributed by atoms with Crippen LogP contribution in [0, 0.1) is 0 Å². The molecule has 4 rings (SSSR count). The number of hydrogen-bond donors (Lipinski definition) is 1. The summed E-state index contributed by atoms with van der Waals surface area (Å²) in [5.41, 5.74) is 1.51. The smallest absolute Gasteiger partial charge is 0.231 e. The van der Waals surface area contributed by atoms with Gasteiger partial charge in [-0.2, -0.15) is 0 Å². The fourth-order valence-electron chi connectivity index (χ4n) is 3.10. The van der Waals surface area contributed by atoms with Crippen LogP contribution < -0.4 is 10.1 Å². The molecule has 29 heavy (non-hydrogen) atoms. The molecule has 0 unspecified atom stereocenters. The van der Waals surface area contributed by atoms with Crippen molar-refractivity contribution in [1.82, 2.24) is 4.57 Å². The van der Waals surface area contributed by atoms with Gasteiger partial charge in [0.2, 0.25) is 11.8 Å². The number of rotatable bonds is 6. The molecule has 4 aromatic rings. The van der Waals surface area contributed by atoms with Gasteiger partial charge in [-0.05, 0) is 48.5 Å². The number of carbonyl (C=O) groups is 2. The predicted octanol–water partition coefficient (Wildman–Crippen LogP) is 5.49. The number of fused-ring (bicyclic) bond motifs is 1. The molecule has 0 aliphatic heterocycles. The lowest BCUT2D eigenvalue weighted by atomic mass is 10.2. The molecule has 1 heterocycles. The Balaban J connectivity index is 1.31. The van der Waals surface area contributed by atoms with Gasteiger partial charge in [-0.3, -0.25) is 14.2 Å². The zero-order chi connectivity index (χ0) is 20.1. The molecule has 5 nitrogen and oxygen atoms in total. The zero-order valence-electron chi connectivity index (χ0n) is 15.7. The maximum atomic E-state index is 12.5. The molecule has 1 N–H and O–H groups in total. The molecule has 144 valence electrons. The van der Waals surface area contributed by atoms with Gasteiger partial charge in [0.05, 0.1) is 5.52 Å². The van der Waals surface area contributed by atoms with Crippen LogP contribution in [0.3, 0.4) is 0 Å². The van der Waals surface area contributed by atoms with Crippen LogP contribution in [0.15, 0.2) is 91.1 Å². The van der Waals surface area contributed by atoms with E-state index < -0.39 is 0 Å². The largest absolute Gasteiger partial charge is 0.457 e. The van der Waals surface area contributed by atoms with Crippen molar-refractivity contribution in [3.8, 4) is 11.5 Å². The van der Waals surface area contributed by atoms with E-state index in [0.29, 0.717) is 11.4 Å². The Kier molecular flexibility index (Phi) is 5.38. The van der Waals surface area contributed by atoms with Gasteiger partial charge >= 0.3 is 0 Å². The van der Waals surface area contributed by atoms with Crippen LogP contribution >= 0.6 is 0 Å². The first kappa shape index (κ1) is 18.5. The predicted molar refractivity (Wildman–Crippen MR) is 113 cm³/mol. The quantitative estimate of drug-likeness (QED) is 0.478. The summed E-state index contributed by atoms with van der Waals surface area (Å²) in [5, 5.41) is 3.82. The molecule has 0 saturated heterocycles. The van der Waals surface area contributed by atoms with E-state index in [1.54, 1.807) is 35.0 Å². The van der Waals surface area contributed by atoms with E-state index >= 15 is 0 Å². The van der Waals surface area contributed by atoms with Gasteiger partial charge in [-0.25, -0.2) is 0 Å². The first-order valence-corrected chi connectivity index (χ1v) is 9.41. The van der Waals surface area contributed by atoms with Crippen molar-refractivity contribution < 1.29 is 14.3 Å². The van der Waals surface area contributed by atoms with Crippen LogP contribution in [-0.2, 0) is 4.79 Å². The lowest BCUT2D eigenvalue weighted by Gasteiger charge is -2.08. The van der Waals surface area contributed by atoms with Gasteiger partial charge in [0, 0.05) is 30.1 Å². The Labute approximate surface area is 168 Å². The molecular formula is C24H20N2O3. The minimum atomic E-state index is -0.202. The molecule has 1 amide bonds. The van der Waals surface area contributed by atoms with Gasteiger partial charge in [-0.15, -0.1) is 0 Å². The Hall–Kier alpha value is -3.86. The summed E-state index contributed by atoms with van der Waals surface area (Å²) in [4.78, 5) is 24.7. The van der Waals surface area contributed by atoms with E-state index in [1.807, 2.05) is 60.7 Å². The molecule has 1 aromatic heterocycles. The highest BCUT2D eigenvalue weighted by molar-refractivity contribution is 5.96. The number of para-hydroxylation sites is 2. The molecule has 0 aliphatic rings. The fraction of sp³-hybridized carbons (Fsp3) is 0.0833. The highest BCUT2D eigenvalue weighted by atomic mass is 16.5. The summed E-state index contributed by atoms with van der Waals surface area (Å²) in [6.45, 7) is 0. The van der Waals surface area contributed by atoms with E-state index in [4.69, 9.17) is 4.74 Å². The van der Waals surface area contributed by atoms with E-state index in [0.717, 1.165) is 16.7 Å². The zero-order valence-corrected chi connectivity index (χ0v) is 15.7. The van der Waals surface area contributed by atoms with Crippen LogP contribution in [0.2, 0.25) is 0 Å². The second-order valence-electron chi connectivity index (χ2n) is 6.63. The Morgan fingerprint density at radius 2 is 1.45 bits per heavy atom. The lowest BCUT2D eigenvalue weighted by Crippen LogP contribution is -2.16. The second kappa shape index (κ2) is 8.44. The Morgan fingerprint density at radius 3 is 2.24 bits per heavy atom. The third-order valence-electron chi connectivity index (χ3n) is 4.55. The summed E-state index contributed by atoms with van der Waals surface area (Å²) in [6, 6.07) is 26.2. The van der Waals surface area contributed by atoms with Gasteiger partial charge in [0.25, 0.3) is 0 Å². The van der Waals surface area contributed by atoms with Crippen LogP contribution in [0.5, 0.6) is 11.5 Å². The molecule has 0 aliphatic carbocycles. The summed E-state index contributed by atoms with van der Waals surface area (Å²) >= 11 is 0. The maximum absolute atomic E-state index is 12.5. The van der Waals surface area contributed by atoms with Gasteiger partial charge in [0.15, 0.2) is 0 Å². The van der Waals surface area contributed by atoms with Gasteiger partial charge in [-0.1, -0.05) is 36.4 Å². The van der Waals surface area contributed by atoms with E-state index in [1.165, 1.54) is 0 Å². The monoisotopic (exact) mass is 384 g/mol. The number of benzene rings is 3. The van der Waals surface area contributed by atoms with Crippen molar-refractivity contribution in [3.63, 3.8) is 0 Å². The number of anilines is 1. The normalized spacial score (nSPS) is 10.6. The minimum absolute atomic E-state index is 0.104. The molecule has 5 heteroatoms. The highest BCUT2D eigenvalue weighted by Crippen LogP contribution is 2.23. The van der Waals surface area contributed by atoms with E-state index in [2.05, 4.69) is 5.32 Å². The van der Waals surface area contributed by atoms with Crippen molar-refractivity contribution >= 4 is 28.4 Å². The summed E-state index contributed by atoms with van der Waals surface area (Å²) < 4.78 is 7.33. The van der Waals surface area contributed by atoms with E-state index in [9.17, 15) is 9.59 Å². The molecule has 0 spiro atoms. The van der Waals surface area contributed by atoms with Gasteiger partial charge in [0.1, 0.15) is 11.5 Å². The first-order valence-electron chi connectivity index (χ1n) is 9.41. The van der Waals surface area contributed by atoms with Crippen molar-refractivity contribution in [2.24, 2.45) is 0 Å². The number of carbonyl (C=O) groups excluding carboxylic acids is 2. The number of ether oxygens (including phenoxy) is 1. The first-order chi connectivity index (χ1) is 14.2. The number of hydrogen-bond acceptors (Lipinski definition) is 3. The van der Waals surface area contributed by atoms with Crippen molar-refractivity contribution in [1.29, 1.82) is 0 Å². The van der Waals surface area contributed by atoms with Crippen LogP contribution in [0.25, 0.3) is 10.9 Å². The average molecular weight is 384 g/mol. The lowest BCUT2D eigenvalue weighted by molar-refractivity contribution is -0.116.